The SMILES string of the molecule is Cc1n[nH]c(C)c1C(=O)N(c1ccc(F)cc1C1CC1)c1ccc([N+](=O)[O-])c2nonc12. The summed E-state index contributed by atoms with van der Waals surface area (Å²) in [7, 11) is 0. The van der Waals surface area contributed by atoms with Crippen molar-refractivity contribution in [2.75, 3.05) is 4.90 Å². The second-order valence-corrected chi connectivity index (χ2v) is 7.75. The number of rotatable bonds is 5. The first-order chi connectivity index (χ1) is 15.4. The number of aromatic nitrogens is 4. The topological polar surface area (TPSA) is 131 Å². The molecule has 4 aromatic rings. The number of halogens is 1. The van der Waals surface area contributed by atoms with Gasteiger partial charge in [-0.05, 0) is 72.7 Å². The van der Waals surface area contributed by atoms with Crippen molar-refractivity contribution in [1.82, 2.24) is 20.5 Å². The van der Waals surface area contributed by atoms with Crippen molar-refractivity contribution in [1.29, 1.82) is 0 Å². The number of aryl methyl sites for hydroxylation is 2. The van der Waals surface area contributed by atoms with Gasteiger partial charge in [-0.3, -0.25) is 24.9 Å². The van der Waals surface area contributed by atoms with Gasteiger partial charge in [0.1, 0.15) is 5.82 Å². The minimum Gasteiger partial charge on any atom is -0.282 e. The van der Waals surface area contributed by atoms with Crippen LogP contribution in [0.4, 0.5) is 21.5 Å². The molecule has 0 atom stereocenters. The molecule has 1 aliphatic rings. The number of nitro groups is 1. The van der Waals surface area contributed by atoms with E-state index in [1.54, 1.807) is 13.8 Å². The number of H-pyrrole nitrogens is 1. The molecule has 10 nitrogen and oxygen atoms in total. The zero-order valence-electron chi connectivity index (χ0n) is 17.1. The first kappa shape index (κ1) is 19.8. The molecule has 2 aromatic heterocycles. The summed E-state index contributed by atoms with van der Waals surface area (Å²) in [5.41, 5.74) is 2.46. The van der Waals surface area contributed by atoms with Crippen LogP contribution in [0.25, 0.3) is 11.0 Å². The average Bonchev–Trinajstić information content (AvgIpc) is 3.39. The Bertz CT molecular complexity index is 1370. The fourth-order valence-electron chi connectivity index (χ4n) is 3.94. The molecular weight excluding hydrogens is 419 g/mol. The summed E-state index contributed by atoms with van der Waals surface area (Å²) < 4.78 is 18.9. The molecule has 32 heavy (non-hydrogen) atoms. The highest BCUT2D eigenvalue weighted by Gasteiger charge is 2.34. The quantitative estimate of drug-likeness (QED) is 0.361. The lowest BCUT2D eigenvalue weighted by Gasteiger charge is -2.26. The highest BCUT2D eigenvalue weighted by atomic mass is 19.1. The van der Waals surface area contributed by atoms with E-state index < -0.39 is 16.6 Å². The van der Waals surface area contributed by atoms with Crippen LogP contribution in [0, 0.1) is 29.8 Å². The Kier molecular flexibility index (Phi) is 4.47. The second-order valence-electron chi connectivity index (χ2n) is 7.75. The summed E-state index contributed by atoms with van der Waals surface area (Å²) in [6.07, 6.45) is 1.76. The zero-order chi connectivity index (χ0) is 22.6. The maximum absolute atomic E-state index is 14.1. The number of carbonyl (C=O) groups is 1. The summed E-state index contributed by atoms with van der Waals surface area (Å²) in [4.78, 5) is 26.1. The molecule has 1 saturated carbocycles. The minimum absolute atomic E-state index is 0.0532. The van der Waals surface area contributed by atoms with E-state index >= 15 is 0 Å². The fraction of sp³-hybridized carbons (Fsp3) is 0.238. The Morgan fingerprint density at radius 2 is 1.91 bits per heavy atom. The van der Waals surface area contributed by atoms with Crippen molar-refractivity contribution >= 4 is 34.0 Å². The first-order valence-corrected chi connectivity index (χ1v) is 9.92. The molecular formula is C21H17FN6O4. The van der Waals surface area contributed by atoms with Gasteiger partial charge in [-0.25, -0.2) is 9.02 Å². The number of fused-ring (bicyclic) bond motifs is 1. The van der Waals surface area contributed by atoms with Gasteiger partial charge in [0.25, 0.3) is 5.91 Å². The zero-order valence-corrected chi connectivity index (χ0v) is 17.1. The molecule has 0 spiro atoms. The predicted molar refractivity (Wildman–Crippen MR) is 111 cm³/mol. The van der Waals surface area contributed by atoms with Gasteiger partial charge < -0.3 is 0 Å². The van der Waals surface area contributed by atoms with E-state index in [0.29, 0.717) is 28.2 Å². The summed E-state index contributed by atoms with van der Waals surface area (Å²) in [6, 6.07) is 6.91. The minimum atomic E-state index is -0.597. The summed E-state index contributed by atoms with van der Waals surface area (Å²) in [5, 5.41) is 25.9. The van der Waals surface area contributed by atoms with Crippen molar-refractivity contribution in [2.24, 2.45) is 0 Å². The second kappa shape index (κ2) is 7.22. The highest BCUT2D eigenvalue weighted by molar-refractivity contribution is 6.16. The van der Waals surface area contributed by atoms with Crippen LogP contribution in [-0.4, -0.2) is 31.3 Å². The number of nitrogens with one attached hydrogen (secondary N) is 1. The molecule has 1 fully saturated rings. The van der Waals surface area contributed by atoms with Gasteiger partial charge in [-0.15, -0.1) is 0 Å². The molecule has 5 rings (SSSR count). The lowest BCUT2D eigenvalue weighted by Crippen LogP contribution is -2.28. The molecule has 2 aromatic carbocycles. The van der Waals surface area contributed by atoms with Crippen LogP contribution in [0.15, 0.2) is 35.0 Å². The molecule has 0 radical (unpaired) electrons. The molecule has 11 heteroatoms. The Morgan fingerprint density at radius 1 is 1.19 bits per heavy atom. The smallest absolute Gasteiger partial charge is 0.282 e. The van der Waals surface area contributed by atoms with Crippen molar-refractivity contribution in [3.05, 3.63) is 68.8 Å². The Labute approximate surface area is 180 Å². The molecule has 1 N–H and O–H groups in total. The maximum atomic E-state index is 14.1. The van der Waals surface area contributed by atoms with Crippen LogP contribution in [0.3, 0.4) is 0 Å². The molecule has 0 bridgehead atoms. The monoisotopic (exact) mass is 436 g/mol. The normalized spacial score (nSPS) is 13.5. The summed E-state index contributed by atoms with van der Waals surface area (Å²) in [5.74, 6) is -0.720. The number of benzene rings is 2. The third kappa shape index (κ3) is 3.09. The average molecular weight is 436 g/mol. The predicted octanol–water partition coefficient (Wildman–Crippen LogP) is 4.47. The molecule has 0 unspecified atom stereocenters. The van der Waals surface area contributed by atoms with E-state index in [4.69, 9.17) is 4.63 Å². The van der Waals surface area contributed by atoms with E-state index in [9.17, 15) is 19.3 Å². The van der Waals surface area contributed by atoms with Crippen molar-refractivity contribution in [2.45, 2.75) is 32.6 Å². The lowest BCUT2D eigenvalue weighted by atomic mass is 10.0. The van der Waals surface area contributed by atoms with E-state index in [0.717, 1.165) is 12.8 Å². The molecule has 0 saturated heterocycles. The van der Waals surface area contributed by atoms with Gasteiger partial charge in [0.15, 0.2) is 5.52 Å². The van der Waals surface area contributed by atoms with Crippen LogP contribution in [0.5, 0.6) is 0 Å². The van der Waals surface area contributed by atoms with Crippen LogP contribution < -0.4 is 4.90 Å². The number of carbonyl (C=O) groups excluding carboxylic acids is 1. The number of non-ortho nitro benzene ring substituents is 1. The third-order valence-corrected chi connectivity index (χ3v) is 5.60. The third-order valence-electron chi connectivity index (χ3n) is 5.60. The number of hydrogen-bond acceptors (Lipinski definition) is 7. The van der Waals surface area contributed by atoms with E-state index in [-0.39, 0.29) is 28.3 Å². The van der Waals surface area contributed by atoms with E-state index in [1.807, 2.05) is 0 Å². The number of amides is 1. The van der Waals surface area contributed by atoms with Crippen molar-refractivity contribution < 1.29 is 18.7 Å². The van der Waals surface area contributed by atoms with E-state index in [1.165, 1.54) is 35.2 Å². The molecule has 1 aliphatic carbocycles. The van der Waals surface area contributed by atoms with Gasteiger partial charge in [0.2, 0.25) is 5.52 Å². The van der Waals surface area contributed by atoms with Crippen LogP contribution in [0.2, 0.25) is 0 Å². The number of hydrogen-bond donors (Lipinski definition) is 1. The van der Waals surface area contributed by atoms with Crippen molar-refractivity contribution in [3.8, 4) is 0 Å². The first-order valence-electron chi connectivity index (χ1n) is 9.92. The van der Waals surface area contributed by atoms with Gasteiger partial charge in [0, 0.05) is 11.8 Å². The summed E-state index contributed by atoms with van der Waals surface area (Å²) in [6.45, 7) is 3.42. The maximum Gasteiger partial charge on any atom is 0.300 e. The molecule has 162 valence electrons. The fourth-order valence-corrected chi connectivity index (χ4v) is 3.94. The Balaban J connectivity index is 1.79. The number of anilines is 2. The van der Waals surface area contributed by atoms with Gasteiger partial charge in [-0.2, -0.15) is 5.10 Å². The van der Waals surface area contributed by atoms with Crippen LogP contribution in [0.1, 0.15) is 46.1 Å². The number of aromatic amines is 1. The standard InChI is InChI=1S/C21H17FN6O4/c1-10-18(11(2)24-23-10)21(29)27(15-6-5-13(22)9-14(15)12-3-4-12)16-7-8-17(28(30)31)20-19(16)25-32-26-20/h5-9,12H,3-4H2,1-2H3,(H,23,24). The highest BCUT2D eigenvalue weighted by Crippen LogP contribution is 2.47. The van der Waals surface area contributed by atoms with Crippen LogP contribution >= 0.6 is 0 Å². The van der Waals surface area contributed by atoms with E-state index in [2.05, 4.69) is 20.5 Å². The Morgan fingerprint density at radius 3 is 2.56 bits per heavy atom. The largest absolute Gasteiger partial charge is 0.300 e. The molecule has 2 heterocycles. The van der Waals surface area contributed by atoms with Gasteiger partial charge >= 0.3 is 5.69 Å². The number of nitro benzene ring substituents is 1. The van der Waals surface area contributed by atoms with Gasteiger partial charge in [-0.1, -0.05) is 0 Å². The van der Waals surface area contributed by atoms with Crippen LogP contribution in [-0.2, 0) is 0 Å². The Hall–Kier alpha value is -4.15. The van der Waals surface area contributed by atoms with Gasteiger partial charge in [0.05, 0.1) is 27.6 Å². The van der Waals surface area contributed by atoms with Crippen molar-refractivity contribution in [3.63, 3.8) is 0 Å². The lowest BCUT2D eigenvalue weighted by molar-refractivity contribution is -0.383. The molecule has 1 amide bonds. The summed E-state index contributed by atoms with van der Waals surface area (Å²) >= 11 is 0. The molecule has 0 aliphatic heterocycles. The number of nitrogens with zero attached hydrogens (tertiary/aromatic N) is 5.